The number of nitriles is 1. The first-order valence-electron chi connectivity index (χ1n) is 8.10. The molecule has 0 unspecified atom stereocenters. The zero-order chi connectivity index (χ0) is 18.8. The molecule has 0 spiro atoms. The summed E-state index contributed by atoms with van der Waals surface area (Å²) in [7, 11) is 0. The number of imidazole rings is 1. The number of hydrogen-bond donors (Lipinski definition) is 1. The predicted molar refractivity (Wildman–Crippen MR) is 97.7 cm³/mol. The van der Waals surface area contributed by atoms with Crippen LogP contribution in [0.5, 0.6) is 5.75 Å². The van der Waals surface area contributed by atoms with Crippen LogP contribution in [-0.4, -0.2) is 20.3 Å². The van der Waals surface area contributed by atoms with E-state index in [1.807, 2.05) is 13.0 Å². The molecule has 26 heavy (non-hydrogen) atoms. The Morgan fingerprint density at radius 2 is 2.19 bits per heavy atom. The van der Waals surface area contributed by atoms with Gasteiger partial charge in [0.05, 0.1) is 15.7 Å². The van der Waals surface area contributed by atoms with Gasteiger partial charge in [0.2, 0.25) is 5.78 Å². The van der Waals surface area contributed by atoms with Gasteiger partial charge in [-0.05, 0) is 53.0 Å². The number of halogens is 2. The maximum Gasteiger partial charge on any atom is 0.211 e. The Bertz CT molecular complexity index is 1050. The molecule has 0 saturated carbocycles. The summed E-state index contributed by atoms with van der Waals surface area (Å²) in [6.07, 6.45) is 3.59. The van der Waals surface area contributed by atoms with Crippen molar-refractivity contribution in [3.8, 4) is 11.8 Å². The highest BCUT2D eigenvalue weighted by molar-refractivity contribution is 9.10. The van der Waals surface area contributed by atoms with Crippen LogP contribution in [0.2, 0.25) is 0 Å². The van der Waals surface area contributed by atoms with Gasteiger partial charge >= 0.3 is 0 Å². The molecule has 0 aliphatic heterocycles. The number of aromatic hydroxyl groups is 1. The van der Waals surface area contributed by atoms with Crippen LogP contribution in [0.4, 0.5) is 4.39 Å². The molecule has 3 rings (SSSR count). The number of carbonyl (C=O) groups excluding carboxylic acids is 1. The van der Waals surface area contributed by atoms with E-state index in [0.29, 0.717) is 17.8 Å². The maximum atomic E-state index is 13.7. The average molecular weight is 416 g/mol. The molecule has 3 aromatic rings. The van der Waals surface area contributed by atoms with Crippen LogP contribution in [-0.2, 0) is 6.42 Å². The predicted octanol–water partition coefficient (Wildman–Crippen LogP) is 4.39. The lowest BCUT2D eigenvalue weighted by molar-refractivity contribution is 0.103. The molecule has 0 aliphatic carbocycles. The molecule has 0 bridgehead atoms. The van der Waals surface area contributed by atoms with Crippen molar-refractivity contribution in [3.63, 3.8) is 0 Å². The van der Waals surface area contributed by atoms with Crippen molar-refractivity contribution in [1.29, 1.82) is 5.26 Å². The number of unbranched alkanes of at least 4 members (excludes halogenated alkanes) is 1. The lowest BCUT2D eigenvalue weighted by atomic mass is 10.0. The molecule has 0 aliphatic rings. The number of nitrogens with zero attached hydrogens (tertiary/aromatic N) is 3. The number of phenols is 1. The molecule has 0 atom stereocenters. The largest absolute Gasteiger partial charge is 0.505 e. The highest BCUT2D eigenvalue weighted by Gasteiger charge is 2.22. The van der Waals surface area contributed by atoms with E-state index in [1.54, 1.807) is 0 Å². The fourth-order valence-electron chi connectivity index (χ4n) is 2.78. The summed E-state index contributed by atoms with van der Waals surface area (Å²) in [5.41, 5.74) is 1.55. The van der Waals surface area contributed by atoms with Gasteiger partial charge in [-0.25, -0.2) is 9.37 Å². The Morgan fingerprint density at radius 1 is 1.42 bits per heavy atom. The number of pyridine rings is 1. The van der Waals surface area contributed by atoms with Crippen LogP contribution in [0.15, 0.2) is 34.9 Å². The topological polar surface area (TPSA) is 78.4 Å². The Balaban J connectivity index is 2.20. The van der Waals surface area contributed by atoms with Crippen molar-refractivity contribution >= 4 is 27.4 Å². The smallest absolute Gasteiger partial charge is 0.211 e. The van der Waals surface area contributed by atoms with Crippen molar-refractivity contribution in [2.75, 3.05) is 0 Å². The minimum Gasteiger partial charge on any atom is -0.505 e. The summed E-state index contributed by atoms with van der Waals surface area (Å²) in [5.74, 6) is -1.08. The summed E-state index contributed by atoms with van der Waals surface area (Å²) in [6, 6.07) is 7.45. The van der Waals surface area contributed by atoms with Crippen LogP contribution in [0.25, 0.3) is 5.65 Å². The van der Waals surface area contributed by atoms with Crippen molar-refractivity contribution in [1.82, 2.24) is 9.38 Å². The highest BCUT2D eigenvalue weighted by atomic mass is 79.9. The van der Waals surface area contributed by atoms with Crippen LogP contribution in [0.3, 0.4) is 0 Å². The highest BCUT2D eigenvalue weighted by Crippen LogP contribution is 2.30. The molecule has 1 aromatic carbocycles. The van der Waals surface area contributed by atoms with E-state index in [4.69, 9.17) is 5.26 Å². The third-order valence-electron chi connectivity index (χ3n) is 4.08. The zero-order valence-electron chi connectivity index (χ0n) is 14.0. The number of fused-ring (bicyclic) bond motifs is 1. The Labute approximate surface area is 157 Å². The number of ketones is 1. The normalized spacial score (nSPS) is 10.8. The van der Waals surface area contributed by atoms with Crippen molar-refractivity contribution in [2.24, 2.45) is 0 Å². The number of phenolic OH excluding ortho intramolecular Hbond substituents is 1. The van der Waals surface area contributed by atoms with Crippen LogP contribution in [0.1, 0.15) is 47.1 Å². The fraction of sp³-hybridized carbons (Fsp3) is 0.211. The van der Waals surface area contributed by atoms with E-state index in [-0.39, 0.29) is 32.8 Å². The standard InChI is InChI=1S/C19H15BrFN3O2/c1-2-3-4-15-17(24-10-13(21)5-6-16(24)23-15)19(26)11-7-12(9-22)18(25)14(20)8-11/h5-8,10,25H,2-4H2,1H3. The minimum absolute atomic E-state index is 0.0159. The first-order valence-corrected chi connectivity index (χ1v) is 8.89. The second-order valence-electron chi connectivity index (χ2n) is 5.88. The lowest BCUT2D eigenvalue weighted by Crippen LogP contribution is -2.09. The van der Waals surface area contributed by atoms with Crippen molar-refractivity contribution < 1.29 is 14.3 Å². The Hall–Kier alpha value is -2.72. The molecule has 0 fully saturated rings. The van der Waals surface area contributed by atoms with Crippen molar-refractivity contribution in [2.45, 2.75) is 26.2 Å². The van der Waals surface area contributed by atoms with Crippen LogP contribution in [0, 0.1) is 17.1 Å². The number of benzene rings is 1. The van der Waals surface area contributed by atoms with Gasteiger partial charge in [0.25, 0.3) is 0 Å². The van der Waals surface area contributed by atoms with E-state index in [2.05, 4.69) is 20.9 Å². The third-order valence-corrected chi connectivity index (χ3v) is 4.69. The second-order valence-corrected chi connectivity index (χ2v) is 6.74. The maximum absolute atomic E-state index is 13.7. The molecular weight excluding hydrogens is 401 g/mol. The number of carbonyl (C=O) groups is 1. The zero-order valence-corrected chi connectivity index (χ0v) is 15.5. The van der Waals surface area contributed by atoms with Gasteiger partial charge in [-0.15, -0.1) is 0 Å². The number of rotatable bonds is 5. The van der Waals surface area contributed by atoms with Gasteiger partial charge in [-0.3, -0.25) is 9.20 Å². The van der Waals surface area contributed by atoms with Gasteiger partial charge in [-0.2, -0.15) is 5.26 Å². The summed E-state index contributed by atoms with van der Waals surface area (Å²) in [5, 5.41) is 19.0. The molecule has 0 radical (unpaired) electrons. The molecule has 5 nitrogen and oxygen atoms in total. The number of hydrogen-bond acceptors (Lipinski definition) is 4. The summed E-state index contributed by atoms with van der Waals surface area (Å²) < 4.78 is 15.4. The monoisotopic (exact) mass is 415 g/mol. The second kappa shape index (κ2) is 7.26. The quantitative estimate of drug-likeness (QED) is 0.626. The third kappa shape index (κ3) is 3.20. The van der Waals surface area contributed by atoms with Gasteiger partial charge in [-0.1, -0.05) is 13.3 Å². The molecule has 2 heterocycles. The van der Waals surface area contributed by atoms with E-state index in [9.17, 15) is 14.3 Å². The van der Waals surface area contributed by atoms with Gasteiger partial charge < -0.3 is 5.11 Å². The van der Waals surface area contributed by atoms with E-state index >= 15 is 0 Å². The van der Waals surface area contributed by atoms with E-state index in [1.165, 1.54) is 34.9 Å². The molecule has 132 valence electrons. The van der Waals surface area contributed by atoms with E-state index < -0.39 is 5.82 Å². The molecule has 7 heteroatoms. The molecule has 0 amide bonds. The summed E-state index contributed by atoms with van der Waals surface area (Å²) in [4.78, 5) is 17.6. The van der Waals surface area contributed by atoms with Gasteiger partial charge in [0.15, 0.2) is 0 Å². The summed E-state index contributed by atoms with van der Waals surface area (Å²) in [6.45, 7) is 2.03. The van der Waals surface area contributed by atoms with Crippen LogP contribution >= 0.6 is 15.9 Å². The van der Waals surface area contributed by atoms with E-state index in [0.717, 1.165) is 12.8 Å². The number of aryl methyl sites for hydroxylation is 1. The first-order chi connectivity index (χ1) is 12.5. The minimum atomic E-state index is -0.476. The average Bonchev–Trinajstić information content (AvgIpc) is 2.98. The van der Waals surface area contributed by atoms with Crippen molar-refractivity contribution in [3.05, 3.63) is 63.3 Å². The number of aromatic nitrogens is 2. The summed E-state index contributed by atoms with van der Waals surface area (Å²) >= 11 is 3.16. The molecule has 2 aromatic heterocycles. The Morgan fingerprint density at radius 3 is 2.88 bits per heavy atom. The molecule has 1 N–H and O–H groups in total. The first kappa shape index (κ1) is 18.1. The fourth-order valence-corrected chi connectivity index (χ4v) is 3.24. The lowest BCUT2D eigenvalue weighted by Gasteiger charge is -2.07. The van der Waals surface area contributed by atoms with Gasteiger partial charge in [0.1, 0.15) is 29.0 Å². The van der Waals surface area contributed by atoms with Gasteiger partial charge in [0, 0.05) is 11.8 Å². The SMILES string of the molecule is CCCCc1nc2ccc(F)cn2c1C(=O)c1cc(Br)c(O)c(C#N)c1. The molecular formula is C19H15BrFN3O2. The Kier molecular flexibility index (Phi) is 5.05. The molecule has 0 saturated heterocycles. The van der Waals surface area contributed by atoms with Crippen LogP contribution < -0.4 is 0 Å².